The first-order valence-corrected chi connectivity index (χ1v) is 4.83. The summed E-state index contributed by atoms with van der Waals surface area (Å²) < 4.78 is 2.86. The summed E-state index contributed by atoms with van der Waals surface area (Å²) in [7, 11) is 0. The van der Waals surface area contributed by atoms with Crippen LogP contribution in [-0.2, 0) is 0 Å². The maximum atomic E-state index is 4.22. The molecule has 0 bridgehead atoms. The molecular formula is C10H9BrN2. The molecule has 0 aliphatic carbocycles. The van der Waals surface area contributed by atoms with Crippen LogP contribution < -0.4 is 0 Å². The molecule has 2 nitrogen and oxygen atoms in total. The van der Waals surface area contributed by atoms with Gasteiger partial charge in [0.1, 0.15) is 0 Å². The topological polar surface area (TPSA) is 17.8 Å². The minimum absolute atomic E-state index is 0.996. The number of aromatic nitrogens is 2. The van der Waals surface area contributed by atoms with E-state index in [4.69, 9.17) is 0 Å². The molecular weight excluding hydrogens is 228 g/mol. The van der Waals surface area contributed by atoms with E-state index >= 15 is 0 Å². The summed E-state index contributed by atoms with van der Waals surface area (Å²) in [5, 5.41) is 4.22. The second-order valence-corrected chi connectivity index (χ2v) is 3.81. The molecule has 0 spiro atoms. The second kappa shape index (κ2) is 3.34. The van der Waals surface area contributed by atoms with E-state index in [1.54, 1.807) is 6.20 Å². The zero-order chi connectivity index (χ0) is 9.26. The first-order valence-electron chi connectivity index (χ1n) is 4.03. The van der Waals surface area contributed by atoms with E-state index in [1.807, 2.05) is 23.0 Å². The summed E-state index contributed by atoms with van der Waals surface area (Å²) in [6.45, 7) is 2.07. The lowest BCUT2D eigenvalue weighted by Crippen LogP contribution is -1.96. The Morgan fingerprint density at radius 3 is 2.69 bits per heavy atom. The van der Waals surface area contributed by atoms with Crippen molar-refractivity contribution in [2.45, 2.75) is 6.92 Å². The van der Waals surface area contributed by atoms with Crippen molar-refractivity contribution in [1.29, 1.82) is 0 Å². The molecule has 0 radical (unpaired) electrons. The molecule has 3 heteroatoms. The third kappa shape index (κ3) is 1.65. The van der Waals surface area contributed by atoms with Gasteiger partial charge < -0.3 is 0 Å². The highest BCUT2D eigenvalue weighted by molar-refractivity contribution is 9.10. The van der Waals surface area contributed by atoms with Gasteiger partial charge in [0.05, 0.1) is 16.4 Å². The minimum Gasteiger partial charge on any atom is -0.240 e. The van der Waals surface area contributed by atoms with Gasteiger partial charge >= 0.3 is 0 Å². The summed E-state index contributed by atoms with van der Waals surface area (Å²) in [6, 6.07) is 8.16. The van der Waals surface area contributed by atoms with E-state index in [9.17, 15) is 0 Å². The number of nitrogens with zero attached hydrogens (tertiary/aromatic N) is 2. The zero-order valence-electron chi connectivity index (χ0n) is 7.24. The number of aryl methyl sites for hydroxylation is 1. The Morgan fingerprint density at radius 2 is 2.08 bits per heavy atom. The minimum atomic E-state index is 0.996. The van der Waals surface area contributed by atoms with Gasteiger partial charge in [0, 0.05) is 6.20 Å². The van der Waals surface area contributed by atoms with E-state index in [-0.39, 0.29) is 0 Å². The fourth-order valence-corrected chi connectivity index (χ4v) is 1.54. The first-order chi connectivity index (χ1) is 6.27. The van der Waals surface area contributed by atoms with Crippen LogP contribution in [0.3, 0.4) is 0 Å². The number of para-hydroxylation sites is 1. The molecule has 0 amide bonds. The van der Waals surface area contributed by atoms with Crippen molar-refractivity contribution in [3.05, 3.63) is 46.7 Å². The van der Waals surface area contributed by atoms with Crippen molar-refractivity contribution >= 4 is 15.9 Å². The van der Waals surface area contributed by atoms with Gasteiger partial charge in [-0.3, -0.25) is 0 Å². The Labute approximate surface area is 85.3 Å². The highest BCUT2D eigenvalue weighted by Gasteiger charge is 2.00. The molecule has 0 saturated carbocycles. The molecule has 0 saturated heterocycles. The molecule has 0 aliphatic heterocycles. The van der Waals surface area contributed by atoms with Crippen LogP contribution >= 0.6 is 15.9 Å². The molecule has 2 rings (SSSR count). The fourth-order valence-electron chi connectivity index (χ4n) is 1.25. The lowest BCUT2D eigenvalue weighted by molar-refractivity contribution is 0.872. The number of benzene rings is 1. The summed E-state index contributed by atoms with van der Waals surface area (Å²) in [5.41, 5.74) is 2.34. The maximum Gasteiger partial charge on any atom is 0.0675 e. The Hall–Kier alpha value is -1.09. The van der Waals surface area contributed by atoms with Crippen molar-refractivity contribution in [2.75, 3.05) is 0 Å². The average molecular weight is 237 g/mol. The summed E-state index contributed by atoms with van der Waals surface area (Å²) in [6.07, 6.45) is 3.73. The third-order valence-corrected chi connectivity index (χ3v) is 2.32. The molecule has 0 N–H and O–H groups in total. The number of rotatable bonds is 1. The zero-order valence-corrected chi connectivity index (χ0v) is 8.82. The molecule has 1 heterocycles. The van der Waals surface area contributed by atoms with E-state index in [0.29, 0.717) is 0 Å². The molecule has 1 aromatic heterocycles. The molecule has 0 atom stereocenters. The van der Waals surface area contributed by atoms with E-state index in [2.05, 4.69) is 40.1 Å². The van der Waals surface area contributed by atoms with Crippen molar-refractivity contribution in [1.82, 2.24) is 9.78 Å². The lowest BCUT2D eigenvalue weighted by atomic mass is 10.2. The van der Waals surface area contributed by atoms with Crippen molar-refractivity contribution in [3.63, 3.8) is 0 Å². The Balaban J connectivity index is 2.52. The van der Waals surface area contributed by atoms with Crippen molar-refractivity contribution in [2.24, 2.45) is 0 Å². The summed E-state index contributed by atoms with van der Waals surface area (Å²) >= 11 is 3.37. The largest absolute Gasteiger partial charge is 0.240 e. The molecule has 13 heavy (non-hydrogen) atoms. The van der Waals surface area contributed by atoms with Crippen molar-refractivity contribution in [3.8, 4) is 5.69 Å². The molecule has 66 valence electrons. The molecule has 0 fully saturated rings. The summed E-state index contributed by atoms with van der Waals surface area (Å²) in [4.78, 5) is 0. The highest BCUT2D eigenvalue weighted by Crippen LogP contribution is 2.15. The number of hydrogen-bond donors (Lipinski definition) is 0. The molecule has 2 aromatic rings. The number of halogens is 1. The molecule has 1 aromatic carbocycles. The average Bonchev–Trinajstić information content (AvgIpc) is 2.53. The third-order valence-electron chi connectivity index (χ3n) is 1.91. The van der Waals surface area contributed by atoms with Crippen LogP contribution in [-0.4, -0.2) is 9.78 Å². The SMILES string of the molecule is Cc1ccccc1-n1cc(Br)cn1. The predicted molar refractivity (Wildman–Crippen MR) is 56.0 cm³/mol. The van der Waals surface area contributed by atoms with Crippen LogP contribution in [0.4, 0.5) is 0 Å². The van der Waals surface area contributed by atoms with Crippen LogP contribution in [0, 0.1) is 6.92 Å². The van der Waals surface area contributed by atoms with Crippen LogP contribution in [0.15, 0.2) is 41.1 Å². The first kappa shape index (κ1) is 8.51. The Morgan fingerprint density at radius 1 is 1.31 bits per heavy atom. The van der Waals surface area contributed by atoms with Gasteiger partial charge in [0.25, 0.3) is 0 Å². The van der Waals surface area contributed by atoms with Gasteiger partial charge in [-0.25, -0.2) is 4.68 Å². The maximum absolute atomic E-state index is 4.22. The standard InChI is InChI=1S/C10H9BrN2/c1-8-4-2-3-5-10(8)13-7-9(11)6-12-13/h2-7H,1H3. The predicted octanol–water partition coefficient (Wildman–Crippen LogP) is 2.94. The van der Waals surface area contributed by atoms with Crippen LogP contribution in [0.2, 0.25) is 0 Å². The smallest absolute Gasteiger partial charge is 0.0675 e. The van der Waals surface area contributed by atoms with E-state index in [1.165, 1.54) is 5.56 Å². The van der Waals surface area contributed by atoms with E-state index in [0.717, 1.165) is 10.2 Å². The van der Waals surface area contributed by atoms with Gasteiger partial charge in [-0.05, 0) is 34.5 Å². The highest BCUT2D eigenvalue weighted by atomic mass is 79.9. The monoisotopic (exact) mass is 236 g/mol. The second-order valence-electron chi connectivity index (χ2n) is 2.89. The fraction of sp³-hybridized carbons (Fsp3) is 0.100. The van der Waals surface area contributed by atoms with Gasteiger partial charge in [-0.15, -0.1) is 0 Å². The van der Waals surface area contributed by atoms with Crippen molar-refractivity contribution < 1.29 is 0 Å². The quantitative estimate of drug-likeness (QED) is 0.745. The molecule has 0 unspecified atom stereocenters. The normalized spacial score (nSPS) is 10.3. The number of hydrogen-bond acceptors (Lipinski definition) is 1. The van der Waals surface area contributed by atoms with Crippen LogP contribution in [0.5, 0.6) is 0 Å². The van der Waals surface area contributed by atoms with Gasteiger partial charge in [-0.2, -0.15) is 5.10 Å². The van der Waals surface area contributed by atoms with Gasteiger partial charge in [-0.1, -0.05) is 18.2 Å². The van der Waals surface area contributed by atoms with Gasteiger partial charge in [0.15, 0.2) is 0 Å². The lowest BCUT2D eigenvalue weighted by Gasteiger charge is -2.03. The van der Waals surface area contributed by atoms with Gasteiger partial charge in [0.2, 0.25) is 0 Å². The van der Waals surface area contributed by atoms with E-state index < -0.39 is 0 Å². The Bertz CT molecular complexity index is 420. The Kier molecular flexibility index (Phi) is 2.19. The molecule has 0 aliphatic rings. The van der Waals surface area contributed by atoms with Crippen LogP contribution in [0.25, 0.3) is 5.69 Å². The van der Waals surface area contributed by atoms with Crippen LogP contribution in [0.1, 0.15) is 5.56 Å². The summed E-state index contributed by atoms with van der Waals surface area (Å²) in [5.74, 6) is 0.